The van der Waals surface area contributed by atoms with E-state index in [9.17, 15) is 0 Å². The minimum absolute atomic E-state index is 0.0371. The van der Waals surface area contributed by atoms with E-state index in [0.717, 1.165) is 29.6 Å². The van der Waals surface area contributed by atoms with Crippen molar-refractivity contribution in [2.24, 2.45) is 4.99 Å². The van der Waals surface area contributed by atoms with Crippen molar-refractivity contribution in [1.82, 2.24) is 15.5 Å². The standard InChI is InChI=1S/C17H30N4O2/c1-17(2,21(4)5)12-20-16(18-3)19-11-13-8-9-14(22-6)10-15(13)23-7/h8-10H,11-12H2,1-7H3,(H2,18,19,20). The molecule has 0 radical (unpaired) electrons. The van der Waals surface area contributed by atoms with Crippen molar-refractivity contribution >= 4 is 5.96 Å². The molecule has 0 aromatic heterocycles. The second-order valence-corrected chi connectivity index (χ2v) is 6.16. The van der Waals surface area contributed by atoms with Gasteiger partial charge in [0, 0.05) is 37.3 Å². The molecule has 0 aliphatic carbocycles. The molecule has 1 rings (SSSR count). The average molecular weight is 322 g/mol. The van der Waals surface area contributed by atoms with Crippen LogP contribution < -0.4 is 20.1 Å². The first-order chi connectivity index (χ1) is 10.8. The number of hydrogen-bond acceptors (Lipinski definition) is 4. The van der Waals surface area contributed by atoms with Gasteiger partial charge in [0.2, 0.25) is 0 Å². The first-order valence-corrected chi connectivity index (χ1v) is 7.67. The Kier molecular flexibility index (Phi) is 7.16. The molecule has 0 amide bonds. The van der Waals surface area contributed by atoms with Gasteiger partial charge in [0.1, 0.15) is 11.5 Å². The molecule has 2 N–H and O–H groups in total. The molecule has 0 fully saturated rings. The summed E-state index contributed by atoms with van der Waals surface area (Å²) in [6.07, 6.45) is 0. The van der Waals surface area contributed by atoms with Gasteiger partial charge in [-0.05, 0) is 40.1 Å². The van der Waals surface area contributed by atoms with Gasteiger partial charge in [-0.2, -0.15) is 0 Å². The smallest absolute Gasteiger partial charge is 0.191 e. The highest BCUT2D eigenvalue weighted by Crippen LogP contribution is 2.24. The molecule has 0 aliphatic rings. The third kappa shape index (κ3) is 5.63. The number of rotatable bonds is 7. The molecule has 130 valence electrons. The summed E-state index contributed by atoms with van der Waals surface area (Å²) in [5.74, 6) is 2.33. The van der Waals surface area contributed by atoms with E-state index in [0.29, 0.717) is 6.54 Å². The quantitative estimate of drug-likeness (QED) is 0.591. The van der Waals surface area contributed by atoms with Crippen LogP contribution in [-0.2, 0) is 6.54 Å². The monoisotopic (exact) mass is 322 g/mol. The van der Waals surface area contributed by atoms with E-state index in [-0.39, 0.29) is 5.54 Å². The molecule has 0 aliphatic heterocycles. The zero-order valence-corrected chi connectivity index (χ0v) is 15.4. The molecule has 1 aromatic rings. The van der Waals surface area contributed by atoms with Crippen molar-refractivity contribution in [3.8, 4) is 11.5 Å². The molecule has 0 saturated heterocycles. The molecule has 0 unspecified atom stereocenters. The van der Waals surface area contributed by atoms with Gasteiger partial charge in [0.25, 0.3) is 0 Å². The Morgan fingerprint density at radius 2 is 1.87 bits per heavy atom. The first-order valence-electron chi connectivity index (χ1n) is 7.67. The van der Waals surface area contributed by atoms with Crippen LogP contribution in [0.1, 0.15) is 19.4 Å². The summed E-state index contributed by atoms with van der Waals surface area (Å²) >= 11 is 0. The van der Waals surface area contributed by atoms with Gasteiger partial charge in [-0.25, -0.2) is 0 Å². The van der Waals surface area contributed by atoms with Crippen LogP contribution in [0.25, 0.3) is 0 Å². The predicted molar refractivity (Wildman–Crippen MR) is 95.5 cm³/mol. The number of methoxy groups -OCH3 is 2. The summed E-state index contributed by atoms with van der Waals surface area (Å²) in [6, 6.07) is 5.79. The largest absolute Gasteiger partial charge is 0.497 e. The number of guanidine groups is 1. The lowest BCUT2D eigenvalue weighted by Crippen LogP contribution is -2.50. The maximum atomic E-state index is 5.41. The molecular weight excluding hydrogens is 292 g/mol. The van der Waals surface area contributed by atoms with Crippen molar-refractivity contribution in [2.75, 3.05) is 41.9 Å². The Morgan fingerprint density at radius 1 is 1.17 bits per heavy atom. The van der Waals surface area contributed by atoms with E-state index in [1.807, 2.05) is 18.2 Å². The molecule has 0 heterocycles. The number of hydrogen-bond donors (Lipinski definition) is 2. The molecule has 0 saturated carbocycles. The van der Waals surface area contributed by atoms with Crippen LogP contribution in [-0.4, -0.2) is 58.3 Å². The molecule has 1 aromatic carbocycles. The van der Waals surface area contributed by atoms with Gasteiger partial charge in [0.15, 0.2) is 5.96 Å². The van der Waals surface area contributed by atoms with Crippen molar-refractivity contribution in [3.05, 3.63) is 23.8 Å². The van der Waals surface area contributed by atoms with Gasteiger partial charge in [-0.1, -0.05) is 0 Å². The van der Waals surface area contributed by atoms with E-state index in [1.54, 1.807) is 21.3 Å². The van der Waals surface area contributed by atoms with Crippen LogP contribution in [0.15, 0.2) is 23.2 Å². The van der Waals surface area contributed by atoms with Gasteiger partial charge in [-0.15, -0.1) is 0 Å². The third-order valence-electron chi connectivity index (χ3n) is 4.06. The minimum Gasteiger partial charge on any atom is -0.497 e. The Hall–Kier alpha value is -1.95. The lowest BCUT2D eigenvalue weighted by molar-refractivity contribution is 0.197. The highest BCUT2D eigenvalue weighted by molar-refractivity contribution is 5.79. The van der Waals surface area contributed by atoms with Crippen molar-refractivity contribution in [3.63, 3.8) is 0 Å². The fourth-order valence-corrected chi connectivity index (χ4v) is 1.86. The van der Waals surface area contributed by atoms with E-state index >= 15 is 0 Å². The lowest BCUT2D eigenvalue weighted by Gasteiger charge is -2.33. The maximum Gasteiger partial charge on any atom is 0.191 e. The third-order valence-corrected chi connectivity index (χ3v) is 4.06. The predicted octanol–water partition coefficient (Wildman–Crippen LogP) is 1.71. The molecule has 0 atom stereocenters. The van der Waals surface area contributed by atoms with E-state index in [2.05, 4.69) is 48.5 Å². The van der Waals surface area contributed by atoms with Gasteiger partial charge >= 0.3 is 0 Å². The van der Waals surface area contributed by atoms with Gasteiger partial charge < -0.3 is 25.0 Å². The molecule has 0 spiro atoms. The Labute approximate surface area is 139 Å². The first kappa shape index (κ1) is 19.1. The molecule has 0 bridgehead atoms. The molecule has 6 nitrogen and oxygen atoms in total. The fourth-order valence-electron chi connectivity index (χ4n) is 1.86. The van der Waals surface area contributed by atoms with Crippen LogP contribution in [0.3, 0.4) is 0 Å². The molecule has 6 heteroatoms. The molecular formula is C17H30N4O2. The topological polar surface area (TPSA) is 58.1 Å². The number of likely N-dealkylation sites (N-methyl/N-ethyl adjacent to an activating group) is 1. The van der Waals surface area contributed by atoms with Crippen LogP contribution in [0.4, 0.5) is 0 Å². The van der Waals surface area contributed by atoms with Crippen molar-refractivity contribution < 1.29 is 9.47 Å². The zero-order chi connectivity index (χ0) is 17.5. The lowest BCUT2D eigenvalue weighted by atomic mass is 10.0. The van der Waals surface area contributed by atoms with Crippen molar-refractivity contribution in [1.29, 1.82) is 0 Å². The van der Waals surface area contributed by atoms with Crippen LogP contribution in [0.2, 0.25) is 0 Å². The summed E-state index contributed by atoms with van der Waals surface area (Å²) in [4.78, 5) is 6.45. The maximum absolute atomic E-state index is 5.41. The summed E-state index contributed by atoms with van der Waals surface area (Å²) < 4.78 is 10.6. The van der Waals surface area contributed by atoms with Crippen LogP contribution >= 0.6 is 0 Å². The van der Waals surface area contributed by atoms with Gasteiger partial charge in [-0.3, -0.25) is 4.99 Å². The number of nitrogens with one attached hydrogen (secondary N) is 2. The van der Waals surface area contributed by atoms with Crippen molar-refractivity contribution in [2.45, 2.75) is 25.9 Å². The summed E-state index contributed by atoms with van der Waals surface area (Å²) in [5.41, 5.74) is 1.08. The number of ether oxygens (including phenoxy) is 2. The normalized spacial score (nSPS) is 12.3. The number of benzene rings is 1. The van der Waals surface area contributed by atoms with Gasteiger partial charge in [0.05, 0.1) is 14.2 Å². The summed E-state index contributed by atoms with van der Waals surface area (Å²) in [7, 11) is 9.21. The number of aliphatic imine (C=N–C) groups is 1. The highest BCUT2D eigenvalue weighted by Gasteiger charge is 2.20. The Bertz CT molecular complexity index is 527. The van der Waals surface area contributed by atoms with E-state index in [1.165, 1.54) is 0 Å². The molecule has 23 heavy (non-hydrogen) atoms. The Morgan fingerprint density at radius 3 is 2.39 bits per heavy atom. The second-order valence-electron chi connectivity index (χ2n) is 6.16. The number of nitrogens with zero attached hydrogens (tertiary/aromatic N) is 2. The second kappa shape index (κ2) is 8.62. The summed E-state index contributed by atoms with van der Waals surface area (Å²) in [5, 5.41) is 6.66. The van der Waals surface area contributed by atoms with Crippen LogP contribution in [0.5, 0.6) is 11.5 Å². The Balaban J connectivity index is 2.65. The fraction of sp³-hybridized carbons (Fsp3) is 0.588. The van der Waals surface area contributed by atoms with E-state index < -0.39 is 0 Å². The SMILES string of the molecule is CN=C(NCc1ccc(OC)cc1OC)NCC(C)(C)N(C)C. The van der Waals surface area contributed by atoms with E-state index in [4.69, 9.17) is 9.47 Å². The minimum atomic E-state index is 0.0371. The van der Waals surface area contributed by atoms with Crippen LogP contribution in [0, 0.1) is 0 Å². The zero-order valence-electron chi connectivity index (χ0n) is 15.4. The highest BCUT2D eigenvalue weighted by atomic mass is 16.5. The average Bonchev–Trinajstić information content (AvgIpc) is 2.54. The summed E-state index contributed by atoms with van der Waals surface area (Å²) in [6.45, 7) is 5.77.